The molecule has 1 N–H and O–H groups in total. The second-order valence-corrected chi connectivity index (χ2v) is 5.84. The summed E-state index contributed by atoms with van der Waals surface area (Å²) in [5.41, 5.74) is 0. The summed E-state index contributed by atoms with van der Waals surface area (Å²) in [6.07, 6.45) is 6.90. The van der Waals surface area contributed by atoms with E-state index in [1.807, 2.05) is 0 Å². The van der Waals surface area contributed by atoms with Gasteiger partial charge in [0.25, 0.3) is 0 Å². The van der Waals surface area contributed by atoms with Gasteiger partial charge in [0.2, 0.25) is 0 Å². The van der Waals surface area contributed by atoms with Crippen molar-refractivity contribution in [2.45, 2.75) is 71.0 Å². The Kier molecular flexibility index (Phi) is 4.26. The zero-order valence-corrected chi connectivity index (χ0v) is 11.2. The van der Waals surface area contributed by atoms with Gasteiger partial charge in [0.15, 0.2) is 0 Å². The Labute approximate surface area is 101 Å². The first-order valence-corrected chi connectivity index (χ1v) is 7.21. The fraction of sp³-hybridized carbons (Fsp3) is 1.00. The Balaban J connectivity index is 1.77. The van der Waals surface area contributed by atoms with Crippen molar-refractivity contribution in [2.75, 3.05) is 13.1 Å². The molecule has 16 heavy (non-hydrogen) atoms. The van der Waals surface area contributed by atoms with E-state index >= 15 is 0 Å². The molecule has 1 aliphatic carbocycles. The largest absolute Gasteiger partial charge is 0.314 e. The summed E-state index contributed by atoms with van der Waals surface area (Å²) in [4.78, 5) is 2.75. The summed E-state index contributed by atoms with van der Waals surface area (Å²) in [5.74, 6) is 1.02. The van der Waals surface area contributed by atoms with Gasteiger partial charge in [0, 0.05) is 24.7 Å². The molecule has 0 aromatic carbocycles. The van der Waals surface area contributed by atoms with Crippen LogP contribution in [0, 0.1) is 5.92 Å². The van der Waals surface area contributed by atoms with Crippen LogP contribution >= 0.6 is 0 Å². The highest BCUT2D eigenvalue weighted by Crippen LogP contribution is 2.37. The smallest absolute Gasteiger partial charge is 0.00980 e. The molecule has 0 aromatic rings. The molecule has 0 spiro atoms. The maximum absolute atomic E-state index is 3.68. The van der Waals surface area contributed by atoms with Crippen molar-refractivity contribution in [3.8, 4) is 0 Å². The standard InChI is InChI=1S/C14H28N2/c1-4-8-15-14-7-9-16(11(2)10-14)12(3)13-5-6-13/h11-15H,4-10H2,1-3H3. The molecule has 94 valence electrons. The van der Waals surface area contributed by atoms with Gasteiger partial charge < -0.3 is 5.32 Å². The van der Waals surface area contributed by atoms with Gasteiger partial charge in [-0.2, -0.15) is 0 Å². The summed E-state index contributed by atoms with van der Waals surface area (Å²) in [6.45, 7) is 9.60. The molecule has 3 atom stereocenters. The van der Waals surface area contributed by atoms with Gasteiger partial charge in [0.05, 0.1) is 0 Å². The topological polar surface area (TPSA) is 15.3 Å². The van der Waals surface area contributed by atoms with Crippen LogP contribution < -0.4 is 5.32 Å². The van der Waals surface area contributed by atoms with E-state index in [1.165, 1.54) is 45.2 Å². The number of piperidine rings is 1. The molecule has 1 saturated heterocycles. The second-order valence-electron chi connectivity index (χ2n) is 5.84. The van der Waals surface area contributed by atoms with Crippen LogP contribution in [0.25, 0.3) is 0 Å². The Morgan fingerprint density at radius 2 is 2.06 bits per heavy atom. The van der Waals surface area contributed by atoms with Crippen molar-refractivity contribution in [3.63, 3.8) is 0 Å². The molecule has 0 bridgehead atoms. The molecule has 0 amide bonds. The molecule has 1 saturated carbocycles. The van der Waals surface area contributed by atoms with E-state index in [9.17, 15) is 0 Å². The third-order valence-electron chi connectivity index (χ3n) is 4.44. The summed E-state index contributed by atoms with van der Waals surface area (Å²) >= 11 is 0. The summed E-state index contributed by atoms with van der Waals surface area (Å²) < 4.78 is 0. The molecule has 1 aliphatic heterocycles. The van der Waals surface area contributed by atoms with Gasteiger partial charge >= 0.3 is 0 Å². The number of hydrogen-bond acceptors (Lipinski definition) is 2. The van der Waals surface area contributed by atoms with Crippen LogP contribution in [-0.4, -0.2) is 36.1 Å². The van der Waals surface area contributed by atoms with Crippen molar-refractivity contribution in [1.82, 2.24) is 10.2 Å². The minimum absolute atomic E-state index is 0.776. The maximum atomic E-state index is 3.68. The van der Waals surface area contributed by atoms with Crippen LogP contribution in [0.3, 0.4) is 0 Å². The van der Waals surface area contributed by atoms with Crippen molar-refractivity contribution in [1.29, 1.82) is 0 Å². The molecule has 2 aliphatic rings. The lowest BCUT2D eigenvalue weighted by Gasteiger charge is -2.41. The van der Waals surface area contributed by atoms with Crippen molar-refractivity contribution >= 4 is 0 Å². The molecule has 0 radical (unpaired) electrons. The van der Waals surface area contributed by atoms with E-state index in [1.54, 1.807) is 0 Å². The second kappa shape index (κ2) is 5.50. The summed E-state index contributed by atoms with van der Waals surface area (Å²) in [6, 6.07) is 2.39. The van der Waals surface area contributed by atoms with E-state index in [0.717, 1.165) is 24.0 Å². The quantitative estimate of drug-likeness (QED) is 0.772. The number of hydrogen-bond donors (Lipinski definition) is 1. The lowest BCUT2D eigenvalue weighted by Crippen LogP contribution is -2.51. The highest BCUT2D eigenvalue weighted by molar-refractivity contribution is 4.91. The first-order chi connectivity index (χ1) is 7.72. The number of nitrogens with one attached hydrogen (secondary N) is 1. The maximum Gasteiger partial charge on any atom is 0.00980 e. The van der Waals surface area contributed by atoms with Gasteiger partial charge in [-0.25, -0.2) is 0 Å². The number of rotatable bonds is 5. The third kappa shape index (κ3) is 2.98. The lowest BCUT2D eigenvalue weighted by molar-refractivity contribution is 0.0853. The van der Waals surface area contributed by atoms with Crippen LogP contribution in [0.15, 0.2) is 0 Å². The van der Waals surface area contributed by atoms with Gasteiger partial charge in [-0.3, -0.25) is 4.90 Å². The summed E-state index contributed by atoms with van der Waals surface area (Å²) in [5, 5.41) is 3.68. The monoisotopic (exact) mass is 224 g/mol. The van der Waals surface area contributed by atoms with Crippen LogP contribution in [0.2, 0.25) is 0 Å². The molecule has 2 nitrogen and oxygen atoms in total. The number of likely N-dealkylation sites (tertiary alicyclic amines) is 1. The molecule has 1 heterocycles. The Hall–Kier alpha value is -0.0800. The molecule has 0 aromatic heterocycles. The highest BCUT2D eigenvalue weighted by atomic mass is 15.2. The predicted molar refractivity (Wildman–Crippen MR) is 69.7 cm³/mol. The molecule has 2 rings (SSSR count). The molecular formula is C14H28N2. The van der Waals surface area contributed by atoms with Gasteiger partial charge in [-0.05, 0) is 58.4 Å². The third-order valence-corrected chi connectivity index (χ3v) is 4.44. The Bertz CT molecular complexity index is 213. The fourth-order valence-corrected chi connectivity index (χ4v) is 3.18. The Morgan fingerprint density at radius 1 is 1.31 bits per heavy atom. The van der Waals surface area contributed by atoms with Crippen molar-refractivity contribution < 1.29 is 0 Å². The first-order valence-electron chi connectivity index (χ1n) is 7.21. The minimum Gasteiger partial charge on any atom is -0.314 e. The van der Waals surface area contributed by atoms with Gasteiger partial charge in [-0.15, -0.1) is 0 Å². The van der Waals surface area contributed by atoms with Gasteiger partial charge in [-0.1, -0.05) is 6.92 Å². The summed E-state index contributed by atoms with van der Waals surface area (Å²) in [7, 11) is 0. The van der Waals surface area contributed by atoms with Crippen LogP contribution in [0.5, 0.6) is 0 Å². The van der Waals surface area contributed by atoms with E-state index < -0.39 is 0 Å². The van der Waals surface area contributed by atoms with E-state index in [-0.39, 0.29) is 0 Å². The van der Waals surface area contributed by atoms with E-state index in [0.29, 0.717) is 0 Å². The normalized spacial score (nSPS) is 33.9. The zero-order chi connectivity index (χ0) is 11.5. The average Bonchev–Trinajstić information content (AvgIpc) is 3.09. The molecule has 3 unspecified atom stereocenters. The van der Waals surface area contributed by atoms with E-state index in [2.05, 4.69) is 31.0 Å². The zero-order valence-electron chi connectivity index (χ0n) is 11.2. The minimum atomic E-state index is 0.776. The van der Waals surface area contributed by atoms with Gasteiger partial charge in [0.1, 0.15) is 0 Å². The SMILES string of the molecule is CCCNC1CCN(C(C)C2CC2)C(C)C1. The highest BCUT2D eigenvalue weighted by Gasteiger charge is 2.36. The fourth-order valence-electron chi connectivity index (χ4n) is 3.18. The van der Waals surface area contributed by atoms with Crippen LogP contribution in [-0.2, 0) is 0 Å². The van der Waals surface area contributed by atoms with Crippen molar-refractivity contribution in [2.24, 2.45) is 5.92 Å². The predicted octanol–water partition coefficient (Wildman–Crippen LogP) is 2.64. The Morgan fingerprint density at radius 3 is 2.62 bits per heavy atom. The van der Waals surface area contributed by atoms with Crippen LogP contribution in [0.4, 0.5) is 0 Å². The van der Waals surface area contributed by atoms with E-state index in [4.69, 9.17) is 0 Å². The molecule has 2 fully saturated rings. The van der Waals surface area contributed by atoms with Crippen molar-refractivity contribution in [3.05, 3.63) is 0 Å². The number of nitrogens with zero attached hydrogens (tertiary/aromatic N) is 1. The lowest BCUT2D eigenvalue weighted by atomic mass is 9.95. The average molecular weight is 224 g/mol. The first kappa shape index (κ1) is 12.4. The molecular weight excluding hydrogens is 196 g/mol. The van der Waals surface area contributed by atoms with Crippen LogP contribution in [0.1, 0.15) is 52.9 Å². The molecule has 2 heteroatoms.